The summed E-state index contributed by atoms with van der Waals surface area (Å²) >= 11 is 6.07. The van der Waals surface area contributed by atoms with Gasteiger partial charge in [-0.05, 0) is 24.3 Å². The average molecular weight is 245 g/mol. The molecule has 0 fully saturated rings. The molecular weight excluding hydrogens is 236 g/mol. The number of rotatable bonds is 1. The molecule has 3 rings (SSSR count). The normalized spacial score (nSPS) is 10.9. The van der Waals surface area contributed by atoms with Gasteiger partial charge < -0.3 is 5.73 Å². The Morgan fingerprint density at radius 3 is 2.59 bits per heavy atom. The molecule has 0 amide bonds. The number of nitrogens with zero attached hydrogens (tertiary/aromatic N) is 3. The Bertz CT molecular complexity index is 676. The number of benzene rings is 2. The molecule has 0 saturated heterocycles. The van der Waals surface area contributed by atoms with Crippen LogP contribution in [0.3, 0.4) is 0 Å². The van der Waals surface area contributed by atoms with Gasteiger partial charge in [0.15, 0.2) is 0 Å². The third-order valence-electron chi connectivity index (χ3n) is 2.45. The van der Waals surface area contributed by atoms with Crippen molar-refractivity contribution >= 4 is 28.3 Å². The summed E-state index contributed by atoms with van der Waals surface area (Å²) in [6.07, 6.45) is 0. The molecule has 2 N–H and O–H groups in total. The topological polar surface area (TPSA) is 56.7 Å². The van der Waals surface area contributed by atoms with Gasteiger partial charge in [0.2, 0.25) is 0 Å². The summed E-state index contributed by atoms with van der Waals surface area (Å²) in [5.74, 6) is 0. The van der Waals surface area contributed by atoms with Crippen LogP contribution in [0.1, 0.15) is 0 Å². The molecule has 2 aromatic carbocycles. The van der Waals surface area contributed by atoms with E-state index in [4.69, 9.17) is 17.3 Å². The monoisotopic (exact) mass is 244 g/mol. The Morgan fingerprint density at radius 1 is 1.06 bits per heavy atom. The number of fused-ring (bicyclic) bond motifs is 1. The van der Waals surface area contributed by atoms with E-state index < -0.39 is 0 Å². The lowest BCUT2D eigenvalue weighted by atomic mass is 10.3. The van der Waals surface area contributed by atoms with Crippen LogP contribution in [0.15, 0.2) is 42.5 Å². The number of aromatic nitrogens is 3. The highest BCUT2D eigenvalue weighted by Crippen LogP contribution is 2.24. The molecule has 0 radical (unpaired) electrons. The molecule has 5 heteroatoms. The van der Waals surface area contributed by atoms with E-state index in [9.17, 15) is 0 Å². The van der Waals surface area contributed by atoms with Crippen LogP contribution < -0.4 is 5.73 Å². The number of hydrogen-bond donors (Lipinski definition) is 1. The second kappa shape index (κ2) is 3.75. The van der Waals surface area contributed by atoms with Gasteiger partial charge in [-0.15, -0.1) is 10.2 Å². The first-order chi connectivity index (χ1) is 8.24. The summed E-state index contributed by atoms with van der Waals surface area (Å²) in [5.41, 5.74) is 8.53. The molecule has 1 aromatic heterocycles. The molecule has 0 bridgehead atoms. The molecule has 1 heterocycles. The van der Waals surface area contributed by atoms with E-state index in [2.05, 4.69) is 10.2 Å². The van der Waals surface area contributed by atoms with Gasteiger partial charge in [-0.3, -0.25) is 0 Å². The number of halogens is 1. The SMILES string of the molecule is Nc1cc(Cl)c2nn(-c3ccccc3)nc2c1. The molecule has 0 atom stereocenters. The molecule has 0 spiro atoms. The smallest absolute Gasteiger partial charge is 0.132 e. The summed E-state index contributed by atoms with van der Waals surface area (Å²) < 4.78 is 0. The molecule has 0 aliphatic carbocycles. The van der Waals surface area contributed by atoms with Crippen molar-refractivity contribution in [3.8, 4) is 5.69 Å². The molecule has 0 aliphatic heterocycles. The zero-order valence-corrected chi connectivity index (χ0v) is 9.59. The summed E-state index contributed by atoms with van der Waals surface area (Å²) in [6.45, 7) is 0. The Morgan fingerprint density at radius 2 is 1.82 bits per heavy atom. The van der Waals surface area contributed by atoms with Gasteiger partial charge in [0.25, 0.3) is 0 Å². The minimum atomic E-state index is 0.516. The lowest BCUT2D eigenvalue weighted by Gasteiger charge is -1.96. The standard InChI is InChI=1S/C12H9ClN4/c13-10-6-8(14)7-11-12(10)16-17(15-11)9-4-2-1-3-5-9/h1-7H,14H2. The number of nitrogens with two attached hydrogens (primary N) is 1. The fourth-order valence-electron chi connectivity index (χ4n) is 1.68. The van der Waals surface area contributed by atoms with E-state index >= 15 is 0 Å². The van der Waals surface area contributed by atoms with Crippen molar-refractivity contribution in [2.45, 2.75) is 0 Å². The van der Waals surface area contributed by atoms with E-state index in [0.29, 0.717) is 21.7 Å². The summed E-state index contributed by atoms with van der Waals surface area (Å²) in [5, 5.41) is 9.20. The Labute approximate surface area is 103 Å². The highest BCUT2D eigenvalue weighted by Gasteiger charge is 2.08. The van der Waals surface area contributed by atoms with Gasteiger partial charge in [-0.25, -0.2) is 0 Å². The first-order valence-corrected chi connectivity index (χ1v) is 5.49. The third-order valence-corrected chi connectivity index (χ3v) is 2.74. The minimum absolute atomic E-state index is 0.516. The van der Waals surface area contributed by atoms with Crippen LogP contribution in [0.25, 0.3) is 16.7 Å². The van der Waals surface area contributed by atoms with Crippen molar-refractivity contribution in [1.29, 1.82) is 0 Å². The molecule has 4 nitrogen and oxygen atoms in total. The summed E-state index contributed by atoms with van der Waals surface area (Å²) in [4.78, 5) is 1.55. The summed E-state index contributed by atoms with van der Waals surface area (Å²) in [7, 11) is 0. The molecule has 0 unspecified atom stereocenters. The van der Waals surface area contributed by atoms with Gasteiger partial charge >= 0.3 is 0 Å². The zero-order valence-electron chi connectivity index (χ0n) is 8.84. The summed E-state index contributed by atoms with van der Waals surface area (Å²) in [6, 6.07) is 13.1. The molecule has 17 heavy (non-hydrogen) atoms. The van der Waals surface area contributed by atoms with Gasteiger partial charge in [-0.2, -0.15) is 4.80 Å². The predicted molar refractivity (Wildman–Crippen MR) is 68.3 cm³/mol. The van der Waals surface area contributed by atoms with Gasteiger partial charge in [0, 0.05) is 5.69 Å². The molecule has 0 saturated carbocycles. The van der Waals surface area contributed by atoms with Crippen LogP contribution in [0, 0.1) is 0 Å². The first kappa shape index (κ1) is 10.1. The van der Waals surface area contributed by atoms with Gasteiger partial charge in [-0.1, -0.05) is 29.8 Å². The fourth-order valence-corrected chi connectivity index (χ4v) is 1.94. The maximum atomic E-state index is 6.07. The third kappa shape index (κ3) is 1.72. The van der Waals surface area contributed by atoms with Crippen molar-refractivity contribution in [3.63, 3.8) is 0 Å². The molecule has 3 aromatic rings. The van der Waals surface area contributed by atoms with E-state index in [1.807, 2.05) is 30.3 Å². The lowest BCUT2D eigenvalue weighted by Crippen LogP contribution is -1.97. The second-order valence-electron chi connectivity index (χ2n) is 3.70. The highest BCUT2D eigenvalue weighted by atomic mass is 35.5. The van der Waals surface area contributed by atoms with Crippen molar-refractivity contribution < 1.29 is 0 Å². The van der Waals surface area contributed by atoms with Crippen LogP contribution in [0.5, 0.6) is 0 Å². The van der Waals surface area contributed by atoms with Crippen LogP contribution in [-0.4, -0.2) is 15.0 Å². The van der Waals surface area contributed by atoms with Crippen molar-refractivity contribution in [1.82, 2.24) is 15.0 Å². The second-order valence-corrected chi connectivity index (χ2v) is 4.10. The van der Waals surface area contributed by atoms with Crippen molar-refractivity contribution in [3.05, 3.63) is 47.5 Å². The molecular formula is C12H9ClN4. The quantitative estimate of drug-likeness (QED) is 0.670. The average Bonchev–Trinajstić information content (AvgIpc) is 2.74. The zero-order chi connectivity index (χ0) is 11.8. The number of nitrogen functional groups attached to an aromatic ring is 1. The maximum Gasteiger partial charge on any atom is 0.132 e. The van der Waals surface area contributed by atoms with Crippen LogP contribution in [-0.2, 0) is 0 Å². The van der Waals surface area contributed by atoms with E-state index in [-0.39, 0.29) is 0 Å². The van der Waals surface area contributed by atoms with E-state index in [1.54, 1.807) is 16.9 Å². The number of para-hydroxylation sites is 1. The van der Waals surface area contributed by atoms with Crippen LogP contribution >= 0.6 is 11.6 Å². The Kier molecular flexibility index (Phi) is 2.23. The van der Waals surface area contributed by atoms with Crippen molar-refractivity contribution in [2.24, 2.45) is 0 Å². The maximum absolute atomic E-state index is 6.07. The van der Waals surface area contributed by atoms with E-state index in [0.717, 1.165) is 5.69 Å². The molecule has 0 aliphatic rings. The lowest BCUT2D eigenvalue weighted by molar-refractivity contribution is 0.766. The fraction of sp³-hybridized carbons (Fsp3) is 0. The molecule has 84 valence electrons. The van der Waals surface area contributed by atoms with Crippen LogP contribution in [0.4, 0.5) is 5.69 Å². The van der Waals surface area contributed by atoms with Gasteiger partial charge in [0.1, 0.15) is 11.0 Å². The minimum Gasteiger partial charge on any atom is -0.399 e. The largest absolute Gasteiger partial charge is 0.399 e. The first-order valence-electron chi connectivity index (χ1n) is 5.11. The Hall–Kier alpha value is -2.07. The number of anilines is 1. The van der Waals surface area contributed by atoms with Gasteiger partial charge in [0.05, 0.1) is 10.7 Å². The van der Waals surface area contributed by atoms with Crippen LogP contribution in [0.2, 0.25) is 5.02 Å². The van der Waals surface area contributed by atoms with Crippen molar-refractivity contribution in [2.75, 3.05) is 5.73 Å². The highest BCUT2D eigenvalue weighted by molar-refractivity contribution is 6.35. The Balaban J connectivity index is 2.24. The number of hydrogen-bond acceptors (Lipinski definition) is 3. The predicted octanol–water partition coefficient (Wildman–Crippen LogP) is 2.66. The van der Waals surface area contributed by atoms with E-state index in [1.165, 1.54) is 0 Å².